The number of ether oxygens (including phenoxy) is 2. The SMILES string of the molecule is CC1CCC2OC3(CCN(C(=O)OCc4ccccc4)CC3)C(=O)N12. The molecule has 1 aromatic rings. The average molecular weight is 344 g/mol. The second-order valence-electron chi connectivity index (χ2n) is 7.23. The Hall–Kier alpha value is -2.08. The molecule has 0 N–H and O–H groups in total. The number of nitrogens with zero attached hydrogens (tertiary/aromatic N) is 2. The Morgan fingerprint density at radius 1 is 1.24 bits per heavy atom. The molecule has 25 heavy (non-hydrogen) atoms. The van der Waals surface area contributed by atoms with Gasteiger partial charge in [0.25, 0.3) is 5.91 Å². The van der Waals surface area contributed by atoms with Crippen LogP contribution in [-0.2, 0) is 20.9 Å². The van der Waals surface area contributed by atoms with Crippen LogP contribution in [0.25, 0.3) is 0 Å². The van der Waals surface area contributed by atoms with Crippen LogP contribution in [-0.4, -0.2) is 52.8 Å². The standard InChI is InChI=1S/C19H24N2O4/c1-14-7-8-16-21(14)17(22)19(25-16)9-11-20(12-10-19)18(23)24-13-15-5-3-2-4-6-15/h2-6,14,16H,7-13H2,1H3. The number of likely N-dealkylation sites (tertiary alicyclic amines) is 1. The van der Waals surface area contributed by atoms with E-state index < -0.39 is 5.60 Å². The maximum atomic E-state index is 12.8. The molecule has 0 aliphatic carbocycles. The minimum atomic E-state index is -0.727. The summed E-state index contributed by atoms with van der Waals surface area (Å²) in [6.07, 6.45) is 2.62. The fourth-order valence-corrected chi connectivity index (χ4v) is 4.13. The van der Waals surface area contributed by atoms with Crippen LogP contribution in [0.15, 0.2) is 30.3 Å². The van der Waals surface area contributed by atoms with E-state index >= 15 is 0 Å². The Morgan fingerprint density at radius 2 is 1.96 bits per heavy atom. The van der Waals surface area contributed by atoms with Crippen LogP contribution in [0.2, 0.25) is 0 Å². The highest BCUT2D eigenvalue weighted by Gasteiger charge is 2.57. The van der Waals surface area contributed by atoms with Crippen molar-refractivity contribution in [2.24, 2.45) is 0 Å². The number of rotatable bonds is 2. The Kier molecular flexibility index (Phi) is 4.15. The van der Waals surface area contributed by atoms with Crippen molar-refractivity contribution < 1.29 is 19.1 Å². The van der Waals surface area contributed by atoms with Crippen LogP contribution in [0.4, 0.5) is 4.79 Å². The lowest BCUT2D eigenvalue weighted by molar-refractivity contribution is -0.142. The fourth-order valence-electron chi connectivity index (χ4n) is 4.13. The molecule has 3 aliphatic rings. The van der Waals surface area contributed by atoms with Crippen molar-refractivity contribution in [2.75, 3.05) is 13.1 Å². The molecule has 1 aromatic carbocycles. The molecule has 3 heterocycles. The second kappa shape index (κ2) is 6.33. The van der Waals surface area contributed by atoms with Gasteiger partial charge in [-0.15, -0.1) is 0 Å². The van der Waals surface area contributed by atoms with E-state index in [1.54, 1.807) is 4.90 Å². The molecule has 2 amide bonds. The summed E-state index contributed by atoms with van der Waals surface area (Å²) in [5.41, 5.74) is 0.239. The smallest absolute Gasteiger partial charge is 0.410 e. The van der Waals surface area contributed by atoms with Crippen LogP contribution in [0.1, 0.15) is 38.2 Å². The summed E-state index contributed by atoms with van der Waals surface area (Å²) in [4.78, 5) is 28.7. The quantitative estimate of drug-likeness (QED) is 0.827. The number of hydrogen-bond donors (Lipinski definition) is 0. The largest absolute Gasteiger partial charge is 0.445 e. The third kappa shape index (κ3) is 2.88. The number of carbonyl (C=O) groups excluding carboxylic acids is 2. The summed E-state index contributed by atoms with van der Waals surface area (Å²) in [6, 6.07) is 9.88. The molecule has 3 saturated heterocycles. The molecule has 2 atom stereocenters. The molecule has 3 fully saturated rings. The molecule has 134 valence electrons. The molecule has 6 heteroatoms. The van der Waals surface area contributed by atoms with Crippen LogP contribution < -0.4 is 0 Å². The first-order valence-corrected chi connectivity index (χ1v) is 9.05. The zero-order chi connectivity index (χ0) is 17.4. The van der Waals surface area contributed by atoms with E-state index in [-0.39, 0.29) is 30.9 Å². The maximum absolute atomic E-state index is 12.8. The zero-order valence-electron chi connectivity index (χ0n) is 14.5. The summed E-state index contributed by atoms with van der Waals surface area (Å²) in [6.45, 7) is 3.34. The normalized spacial score (nSPS) is 27.6. The Morgan fingerprint density at radius 3 is 2.64 bits per heavy atom. The lowest BCUT2D eigenvalue weighted by atomic mass is 9.90. The van der Waals surface area contributed by atoms with Gasteiger partial charge in [0.2, 0.25) is 0 Å². The van der Waals surface area contributed by atoms with Gasteiger partial charge in [-0.2, -0.15) is 0 Å². The zero-order valence-corrected chi connectivity index (χ0v) is 14.5. The van der Waals surface area contributed by atoms with E-state index in [0.29, 0.717) is 25.9 Å². The van der Waals surface area contributed by atoms with Crippen LogP contribution in [0.3, 0.4) is 0 Å². The third-order valence-electron chi connectivity index (χ3n) is 5.64. The highest BCUT2D eigenvalue weighted by molar-refractivity contribution is 5.88. The van der Waals surface area contributed by atoms with Crippen molar-refractivity contribution in [1.29, 1.82) is 0 Å². The lowest BCUT2D eigenvalue weighted by Crippen LogP contribution is -2.52. The summed E-state index contributed by atoms with van der Waals surface area (Å²) in [7, 11) is 0. The summed E-state index contributed by atoms with van der Waals surface area (Å²) in [5.74, 6) is 0.111. The maximum Gasteiger partial charge on any atom is 0.410 e. The summed E-state index contributed by atoms with van der Waals surface area (Å²) in [5, 5.41) is 0. The minimum Gasteiger partial charge on any atom is -0.445 e. The Balaban J connectivity index is 1.32. The number of carbonyl (C=O) groups is 2. The van der Waals surface area contributed by atoms with E-state index in [1.165, 1.54) is 0 Å². The molecule has 0 bridgehead atoms. The topological polar surface area (TPSA) is 59.1 Å². The van der Waals surface area contributed by atoms with Gasteiger partial charge < -0.3 is 19.3 Å². The molecule has 4 rings (SSSR count). The van der Waals surface area contributed by atoms with Crippen molar-refractivity contribution in [3.63, 3.8) is 0 Å². The van der Waals surface area contributed by atoms with E-state index in [4.69, 9.17) is 9.47 Å². The third-order valence-corrected chi connectivity index (χ3v) is 5.64. The monoisotopic (exact) mass is 344 g/mol. The van der Waals surface area contributed by atoms with Gasteiger partial charge in [-0.1, -0.05) is 30.3 Å². The van der Waals surface area contributed by atoms with Gasteiger partial charge in [0.1, 0.15) is 12.8 Å². The molecule has 0 aromatic heterocycles. The number of piperidine rings is 1. The van der Waals surface area contributed by atoms with E-state index in [1.807, 2.05) is 35.2 Å². The number of benzene rings is 1. The van der Waals surface area contributed by atoms with Crippen molar-refractivity contribution in [3.8, 4) is 0 Å². The van der Waals surface area contributed by atoms with Gasteiger partial charge in [-0.3, -0.25) is 4.79 Å². The van der Waals surface area contributed by atoms with Crippen molar-refractivity contribution in [3.05, 3.63) is 35.9 Å². The van der Waals surface area contributed by atoms with Crippen molar-refractivity contribution in [2.45, 2.75) is 57.1 Å². The van der Waals surface area contributed by atoms with Gasteiger partial charge >= 0.3 is 6.09 Å². The van der Waals surface area contributed by atoms with Gasteiger partial charge in [0.15, 0.2) is 5.60 Å². The van der Waals surface area contributed by atoms with E-state index in [0.717, 1.165) is 18.4 Å². The Bertz CT molecular complexity index is 655. The lowest BCUT2D eigenvalue weighted by Gasteiger charge is -2.36. The molecule has 2 unspecified atom stereocenters. The number of fused-ring (bicyclic) bond motifs is 1. The van der Waals surface area contributed by atoms with E-state index in [9.17, 15) is 9.59 Å². The van der Waals surface area contributed by atoms with Crippen LogP contribution >= 0.6 is 0 Å². The first-order valence-electron chi connectivity index (χ1n) is 9.05. The van der Waals surface area contributed by atoms with Gasteiger partial charge in [-0.05, 0) is 25.3 Å². The number of hydrogen-bond acceptors (Lipinski definition) is 4. The van der Waals surface area contributed by atoms with Crippen LogP contribution in [0.5, 0.6) is 0 Å². The fraction of sp³-hybridized carbons (Fsp3) is 0.579. The Labute approximate surface area is 147 Å². The molecule has 0 saturated carbocycles. The van der Waals surface area contributed by atoms with Gasteiger partial charge in [0.05, 0.1) is 0 Å². The summed E-state index contributed by atoms with van der Waals surface area (Å²) < 4.78 is 11.5. The first-order chi connectivity index (χ1) is 12.1. The molecular weight excluding hydrogens is 320 g/mol. The van der Waals surface area contributed by atoms with E-state index in [2.05, 4.69) is 6.92 Å². The molecule has 3 aliphatic heterocycles. The average Bonchev–Trinajstić information content (AvgIpc) is 3.12. The predicted molar refractivity (Wildman–Crippen MR) is 90.6 cm³/mol. The van der Waals surface area contributed by atoms with Crippen LogP contribution in [0, 0.1) is 0 Å². The predicted octanol–water partition coefficient (Wildman–Crippen LogP) is 2.53. The minimum absolute atomic E-state index is 0.0703. The van der Waals surface area contributed by atoms with Gasteiger partial charge in [-0.25, -0.2) is 4.79 Å². The van der Waals surface area contributed by atoms with Crippen molar-refractivity contribution in [1.82, 2.24) is 9.80 Å². The molecule has 1 spiro atoms. The molecular formula is C19H24N2O4. The first kappa shape index (κ1) is 16.4. The summed E-state index contributed by atoms with van der Waals surface area (Å²) >= 11 is 0. The second-order valence-corrected chi connectivity index (χ2v) is 7.23. The molecule has 0 radical (unpaired) electrons. The number of amides is 2. The van der Waals surface area contributed by atoms with Gasteiger partial charge in [0, 0.05) is 32.0 Å². The highest BCUT2D eigenvalue weighted by atomic mass is 16.6. The molecule has 6 nitrogen and oxygen atoms in total. The van der Waals surface area contributed by atoms with Crippen molar-refractivity contribution >= 4 is 12.0 Å². The highest BCUT2D eigenvalue weighted by Crippen LogP contribution is 2.42.